The number of aromatic nitrogens is 3. The number of fused-ring (bicyclic) bond motifs is 1. The minimum atomic E-state index is -2.89. The second-order valence-corrected chi connectivity index (χ2v) is 3.33. The molecule has 0 aliphatic rings. The molecule has 2 aromatic heterocycles. The summed E-state index contributed by atoms with van der Waals surface area (Å²) in [6, 6.07) is 1.70. The van der Waals surface area contributed by atoms with Crippen molar-refractivity contribution >= 4 is 5.65 Å². The van der Waals surface area contributed by atoms with E-state index in [4.69, 9.17) is 5.73 Å². The van der Waals surface area contributed by atoms with E-state index in [1.165, 1.54) is 16.9 Å². The van der Waals surface area contributed by atoms with E-state index >= 15 is 0 Å². The third kappa shape index (κ3) is 2.10. The van der Waals surface area contributed by atoms with Gasteiger partial charge in [-0.3, -0.25) is 0 Å². The van der Waals surface area contributed by atoms with Gasteiger partial charge >= 0.3 is 0 Å². The fourth-order valence-corrected chi connectivity index (χ4v) is 1.31. The number of nitrogens with two attached hydrogens (primary N) is 1. The first-order chi connectivity index (χ1) is 7.11. The second kappa shape index (κ2) is 3.54. The first-order valence-corrected chi connectivity index (χ1v) is 4.47. The van der Waals surface area contributed by atoms with Gasteiger partial charge in [-0.2, -0.15) is 5.10 Å². The van der Waals surface area contributed by atoms with Crippen LogP contribution in [0, 0.1) is 0 Å². The summed E-state index contributed by atoms with van der Waals surface area (Å²) in [6.07, 6.45) is 4.10. The molecule has 6 heteroatoms. The van der Waals surface area contributed by atoms with Crippen molar-refractivity contribution in [2.75, 3.05) is 6.54 Å². The Morgan fingerprint density at radius 2 is 2.27 bits per heavy atom. The van der Waals surface area contributed by atoms with E-state index in [0.29, 0.717) is 11.2 Å². The Kier molecular flexibility index (Phi) is 2.36. The molecule has 0 fully saturated rings. The summed E-state index contributed by atoms with van der Waals surface area (Å²) in [6.45, 7) is -0.663. The molecular formula is C9H10F2N4. The lowest BCUT2D eigenvalue weighted by Crippen LogP contribution is -2.30. The number of hydrogen-bond acceptors (Lipinski definition) is 3. The molecule has 0 amide bonds. The van der Waals surface area contributed by atoms with E-state index in [0.717, 1.165) is 0 Å². The highest BCUT2D eigenvalue weighted by molar-refractivity contribution is 5.36. The van der Waals surface area contributed by atoms with E-state index in [1.54, 1.807) is 12.3 Å². The zero-order valence-electron chi connectivity index (χ0n) is 7.90. The van der Waals surface area contributed by atoms with Gasteiger partial charge in [0.15, 0.2) is 5.65 Å². The van der Waals surface area contributed by atoms with Crippen LogP contribution in [0.4, 0.5) is 8.78 Å². The Balaban J connectivity index is 2.28. The van der Waals surface area contributed by atoms with Crippen molar-refractivity contribution in [2.45, 2.75) is 12.3 Å². The highest BCUT2D eigenvalue weighted by atomic mass is 19.3. The monoisotopic (exact) mass is 212 g/mol. The fourth-order valence-electron chi connectivity index (χ4n) is 1.31. The number of hydrogen-bond donors (Lipinski definition) is 1. The van der Waals surface area contributed by atoms with E-state index in [-0.39, 0.29) is 0 Å². The molecule has 2 rings (SSSR count). The van der Waals surface area contributed by atoms with Crippen molar-refractivity contribution in [3.05, 3.63) is 30.2 Å². The van der Waals surface area contributed by atoms with Crippen molar-refractivity contribution in [3.8, 4) is 0 Å². The van der Waals surface area contributed by atoms with Gasteiger partial charge in [0.25, 0.3) is 5.92 Å². The summed E-state index contributed by atoms with van der Waals surface area (Å²) >= 11 is 0. The standard InChI is InChI=1S/C9H10F2N4/c10-9(11,6-12)3-7-4-13-8-1-2-14-15(8)5-7/h1-2,4-5H,3,6,12H2. The van der Waals surface area contributed by atoms with Crippen LogP contribution >= 0.6 is 0 Å². The second-order valence-electron chi connectivity index (χ2n) is 3.33. The maximum Gasteiger partial charge on any atom is 0.264 e. The van der Waals surface area contributed by atoms with E-state index in [2.05, 4.69) is 10.1 Å². The third-order valence-corrected chi connectivity index (χ3v) is 2.06. The summed E-state index contributed by atoms with van der Waals surface area (Å²) in [5.74, 6) is -2.89. The minimum Gasteiger partial charge on any atom is -0.325 e. The summed E-state index contributed by atoms with van der Waals surface area (Å²) in [5, 5.41) is 3.91. The molecule has 0 spiro atoms. The summed E-state index contributed by atoms with van der Waals surface area (Å²) in [7, 11) is 0. The Morgan fingerprint density at radius 1 is 1.47 bits per heavy atom. The van der Waals surface area contributed by atoms with Gasteiger partial charge in [-0.15, -0.1) is 0 Å². The zero-order chi connectivity index (χ0) is 10.9. The van der Waals surface area contributed by atoms with Crippen LogP contribution in [-0.4, -0.2) is 27.1 Å². The van der Waals surface area contributed by atoms with E-state index in [1.807, 2.05) is 0 Å². The lowest BCUT2D eigenvalue weighted by atomic mass is 10.1. The predicted molar refractivity (Wildman–Crippen MR) is 50.7 cm³/mol. The first-order valence-electron chi connectivity index (χ1n) is 4.47. The van der Waals surface area contributed by atoms with Crippen molar-refractivity contribution in [1.82, 2.24) is 14.6 Å². The normalized spacial score (nSPS) is 12.2. The van der Waals surface area contributed by atoms with Crippen molar-refractivity contribution in [3.63, 3.8) is 0 Å². The molecule has 2 heterocycles. The molecule has 2 aromatic rings. The van der Waals surface area contributed by atoms with Crippen LogP contribution < -0.4 is 5.73 Å². The molecule has 15 heavy (non-hydrogen) atoms. The Bertz CT molecular complexity index is 466. The molecule has 0 bridgehead atoms. The highest BCUT2D eigenvalue weighted by Crippen LogP contribution is 2.17. The van der Waals surface area contributed by atoms with Gasteiger partial charge in [0.2, 0.25) is 0 Å². The van der Waals surface area contributed by atoms with Gasteiger partial charge in [-0.25, -0.2) is 18.3 Å². The average molecular weight is 212 g/mol. The van der Waals surface area contributed by atoms with Crippen LogP contribution in [0.1, 0.15) is 5.56 Å². The third-order valence-electron chi connectivity index (χ3n) is 2.06. The van der Waals surface area contributed by atoms with Gasteiger partial charge in [-0.1, -0.05) is 0 Å². The molecule has 0 saturated carbocycles. The number of nitrogens with zero attached hydrogens (tertiary/aromatic N) is 3. The SMILES string of the molecule is NCC(F)(F)Cc1cnc2ccnn2c1. The Hall–Kier alpha value is -1.56. The molecule has 0 aliphatic carbocycles. The predicted octanol–water partition coefficient (Wildman–Crippen LogP) is 0.866. The van der Waals surface area contributed by atoms with Crippen LogP contribution in [0.3, 0.4) is 0 Å². The van der Waals surface area contributed by atoms with Crippen molar-refractivity contribution in [1.29, 1.82) is 0 Å². The molecule has 0 atom stereocenters. The topological polar surface area (TPSA) is 56.2 Å². The van der Waals surface area contributed by atoms with Gasteiger partial charge in [0.05, 0.1) is 12.7 Å². The minimum absolute atomic E-state index is 0.410. The van der Waals surface area contributed by atoms with Crippen LogP contribution in [0.2, 0.25) is 0 Å². The van der Waals surface area contributed by atoms with Crippen molar-refractivity contribution < 1.29 is 8.78 Å². The first kappa shape index (κ1) is 9.97. The summed E-state index contributed by atoms with van der Waals surface area (Å²) < 4.78 is 27.4. The van der Waals surface area contributed by atoms with Crippen LogP contribution in [0.5, 0.6) is 0 Å². The quantitative estimate of drug-likeness (QED) is 0.821. The van der Waals surface area contributed by atoms with E-state index < -0.39 is 18.9 Å². The Labute approximate surface area is 84.7 Å². The largest absolute Gasteiger partial charge is 0.325 e. The van der Waals surface area contributed by atoms with Gasteiger partial charge in [-0.05, 0) is 5.56 Å². The maximum absolute atomic E-state index is 13.0. The molecule has 2 N–H and O–H groups in total. The smallest absolute Gasteiger partial charge is 0.264 e. The molecule has 0 saturated heterocycles. The molecular weight excluding hydrogens is 202 g/mol. The van der Waals surface area contributed by atoms with E-state index in [9.17, 15) is 8.78 Å². The maximum atomic E-state index is 13.0. The van der Waals surface area contributed by atoms with Crippen LogP contribution in [0.15, 0.2) is 24.7 Å². The van der Waals surface area contributed by atoms with Gasteiger partial charge in [0.1, 0.15) is 0 Å². The Morgan fingerprint density at radius 3 is 3.00 bits per heavy atom. The van der Waals surface area contributed by atoms with Crippen LogP contribution in [0.25, 0.3) is 5.65 Å². The van der Waals surface area contributed by atoms with Crippen molar-refractivity contribution in [2.24, 2.45) is 5.73 Å². The lowest BCUT2D eigenvalue weighted by Gasteiger charge is -2.13. The average Bonchev–Trinajstić information content (AvgIpc) is 2.64. The highest BCUT2D eigenvalue weighted by Gasteiger charge is 2.27. The number of rotatable bonds is 3. The molecule has 80 valence electrons. The number of alkyl halides is 2. The van der Waals surface area contributed by atoms with Gasteiger partial charge in [0, 0.05) is 24.9 Å². The molecule has 4 nitrogen and oxygen atoms in total. The van der Waals surface area contributed by atoms with Gasteiger partial charge < -0.3 is 5.73 Å². The molecule has 0 aromatic carbocycles. The molecule has 0 unspecified atom stereocenters. The number of halogens is 2. The molecule has 0 radical (unpaired) electrons. The lowest BCUT2D eigenvalue weighted by molar-refractivity contribution is 0.0113. The fraction of sp³-hybridized carbons (Fsp3) is 0.333. The van der Waals surface area contributed by atoms with Crippen LogP contribution in [-0.2, 0) is 6.42 Å². The summed E-state index contributed by atoms with van der Waals surface area (Å²) in [5.41, 5.74) is 6.01. The molecule has 0 aliphatic heterocycles. The zero-order valence-corrected chi connectivity index (χ0v) is 7.90. The summed E-state index contributed by atoms with van der Waals surface area (Å²) in [4.78, 5) is 3.99.